The number of nitrogens with two attached hydrogens (primary N) is 1. The zero-order valence-electron chi connectivity index (χ0n) is 12.6. The topological polar surface area (TPSA) is 32.5 Å². The molecule has 0 unspecified atom stereocenters. The summed E-state index contributed by atoms with van der Waals surface area (Å²) in [6.45, 7) is 2.29. The summed E-state index contributed by atoms with van der Waals surface area (Å²) in [4.78, 5) is 4.57. The maximum Gasteiger partial charge on any atom is 0.0643 e. The Labute approximate surface area is 127 Å². The molecule has 0 amide bonds. The third-order valence-corrected chi connectivity index (χ3v) is 4.24. The molecule has 1 saturated heterocycles. The first-order valence-electron chi connectivity index (χ1n) is 7.69. The van der Waals surface area contributed by atoms with Crippen molar-refractivity contribution < 1.29 is 0 Å². The van der Waals surface area contributed by atoms with E-state index in [-0.39, 0.29) is 0 Å². The lowest BCUT2D eigenvalue weighted by Gasteiger charge is -2.30. The van der Waals surface area contributed by atoms with Gasteiger partial charge in [0.2, 0.25) is 0 Å². The number of piperidine rings is 1. The highest BCUT2D eigenvalue weighted by Crippen LogP contribution is 2.32. The first-order chi connectivity index (χ1) is 10.3. The highest BCUT2D eigenvalue weighted by atomic mass is 15.1. The van der Waals surface area contributed by atoms with Crippen molar-refractivity contribution >= 4 is 22.7 Å². The molecule has 0 aromatic heterocycles. The minimum atomic E-state index is 0.837. The first kappa shape index (κ1) is 13.8. The van der Waals surface area contributed by atoms with Crippen LogP contribution in [0.4, 0.5) is 22.7 Å². The molecule has 0 aliphatic carbocycles. The van der Waals surface area contributed by atoms with E-state index in [1.807, 2.05) is 18.2 Å². The van der Waals surface area contributed by atoms with Crippen molar-refractivity contribution in [1.82, 2.24) is 0 Å². The van der Waals surface area contributed by atoms with Gasteiger partial charge >= 0.3 is 0 Å². The van der Waals surface area contributed by atoms with E-state index < -0.39 is 0 Å². The molecule has 0 radical (unpaired) electrons. The Morgan fingerprint density at radius 2 is 1.67 bits per heavy atom. The summed E-state index contributed by atoms with van der Waals surface area (Å²) in [5.74, 6) is 0. The molecule has 3 rings (SSSR count). The molecule has 0 bridgehead atoms. The van der Waals surface area contributed by atoms with Gasteiger partial charge in [0.1, 0.15) is 0 Å². The van der Waals surface area contributed by atoms with Crippen molar-refractivity contribution in [3.63, 3.8) is 0 Å². The predicted octanol–water partition coefficient (Wildman–Crippen LogP) is 4.03. The molecule has 1 aliphatic rings. The van der Waals surface area contributed by atoms with E-state index in [4.69, 9.17) is 5.73 Å². The van der Waals surface area contributed by atoms with Gasteiger partial charge in [-0.25, -0.2) is 0 Å². The van der Waals surface area contributed by atoms with Crippen LogP contribution in [0.3, 0.4) is 0 Å². The van der Waals surface area contributed by atoms with Gasteiger partial charge in [-0.15, -0.1) is 0 Å². The SMILES string of the molecule is CN(c1ccccc1)c1ccc(N2CCCCC2)cc1N. The summed E-state index contributed by atoms with van der Waals surface area (Å²) in [5.41, 5.74) is 10.6. The van der Waals surface area contributed by atoms with Gasteiger partial charge in [0.05, 0.1) is 11.4 Å². The van der Waals surface area contributed by atoms with E-state index in [2.05, 4.69) is 47.2 Å². The predicted molar refractivity (Wildman–Crippen MR) is 91.4 cm³/mol. The minimum Gasteiger partial charge on any atom is -0.397 e. The number of rotatable bonds is 3. The van der Waals surface area contributed by atoms with Crippen LogP contribution in [-0.2, 0) is 0 Å². The molecule has 1 fully saturated rings. The Balaban J connectivity index is 1.84. The van der Waals surface area contributed by atoms with Crippen molar-refractivity contribution in [3.05, 3.63) is 48.5 Å². The number of nitrogen functional groups attached to an aromatic ring is 1. The van der Waals surface area contributed by atoms with Crippen LogP contribution in [0, 0.1) is 0 Å². The van der Waals surface area contributed by atoms with Crippen LogP contribution in [0.15, 0.2) is 48.5 Å². The van der Waals surface area contributed by atoms with Gasteiger partial charge in [-0.2, -0.15) is 0 Å². The molecular weight excluding hydrogens is 258 g/mol. The second-order valence-corrected chi connectivity index (χ2v) is 5.69. The number of hydrogen-bond donors (Lipinski definition) is 1. The lowest BCUT2D eigenvalue weighted by atomic mass is 10.1. The lowest BCUT2D eigenvalue weighted by Crippen LogP contribution is -2.29. The van der Waals surface area contributed by atoms with Crippen LogP contribution in [-0.4, -0.2) is 20.1 Å². The fourth-order valence-corrected chi connectivity index (χ4v) is 2.99. The Morgan fingerprint density at radius 3 is 2.33 bits per heavy atom. The first-order valence-corrected chi connectivity index (χ1v) is 7.69. The molecule has 0 atom stereocenters. The van der Waals surface area contributed by atoms with E-state index in [1.165, 1.54) is 24.9 Å². The highest BCUT2D eigenvalue weighted by Gasteiger charge is 2.13. The van der Waals surface area contributed by atoms with Gasteiger partial charge < -0.3 is 15.5 Å². The molecule has 110 valence electrons. The number of nitrogens with zero attached hydrogens (tertiary/aromatic N) is 2. The molecule has 1 heterocycles. The zero-order chi connectivity index (χ0) is 14.7. The van der Waals surface area contributed by atoms with Crippen LogP contribution >= 0.6 is 0 Å². The summed E-state index contributed by atoms with van der Waals surface area (Å²) < 4.78 is 0. The molecule has 1 aliphatic heterocycles. The Hall–Kier alpha value is -2.16. The summed E-state index contributed by atoms with van der Waals surface area (Å²) in [6.07, 6.45) is 3.91. The second-order valence-electron chi connectivity index (χ2n) is 5.69. The van der Waals surface area contributed by atoms with Crippen LogP contribution < -0.4 is 15.5 Å². The number of hydrogen-bond acceptors (Lipinski definition) is 3. The van der Waals surface area contributed by atoms with Crippen LogP contribution in [0.1, 0.15) is 19.3 Å². The summed E-state index contributed by atoms with van der Waals surface area (Å²) >= 11 is 0. The molecule has 3 heteroatoms. The van der Waals surface area contributed by atoms with Gasteiger partial charge in [-0.05, 0) is 49.6 Å². The highest BCUT2D eigenvalue weighted by molar-refractivity contribution is 5.77. The van der Waals surface area contributed by atoms with Gasteiger partial charge in [0, 0.05) is 31.5 Å². The van der Waals surface area contributed by atoms with Crippen molar-refractivity contribution in [3.8, 4) is 0 Å². The van der Waals surface area contributed by atoms with E-state index in [0.29, 0.717) is 0 Å². The summed E-state index contributed by atoms with van der Waals surface area (Å²) in [7, 11) is 2.06. The standard InChI is InChI=1S/C18H23N3/c1-20(15-8-4-2-5-9-15)18-11-10-16(14-17(18)19)21-12-6-3-7-13-21/h2,4-5,8-11,14H,3,6-7,12-13,19H2,1H3. The molecule has 21 heavy (non-hydrogen) atoms. The minimum absolute atomic E-state index is 0.837. The van der Waals surface area contributed by atoms with Gasteiger partial charge in [0.25, 0.3) is 0 Å². The molecule has 2 aromatic rings. The Bertz CT molecular complexity index is 589. The molecule has 0 saturated carbocycles. The normalized spacial score (nSPS) is 15.0. The second kappa shape index (κ2) is 6.08. The van der Waals surface area contributed by atoms with Crippen LogP contribution in [0.2, 0.25) is 0 Å². The van der Waals surface area contributed by atoms with Crippen molar-refractivity contribution in [2.24, 2.45) is 0 Å². The Morgan fingerprint density at radius 1 is 0.952 bits per heavy atom. The molecular formula is C18H23N3. The number of benzene rings is 2. The average molecular weight is 281 g/mol. The van der Waals surface area contributed by atoms with Crippen molar-refractivity contribution in [2.45, 2.75) is 19.3 Å². The van der Waals surface area contributed by atoms with E-state index >= 15 is 0 Å². The van der Waals surface area contributed by atoms with Gasteiger partial charge in [-0.3, -0.25) is 0 Å². The number of anilines is 4. The smallest absolute Gasteiger partial charge is 0.0643 e. The summed E-state index contributed by atoms with van der Waals surface area (Å²) in [6, 6.07) is 16.7. The fourth-order valence-electron chi connectivity index (χ4n) is 2.99. The Kier molecular flexibility index (Phi) is 4.00. The van der Waals surface area contributed by atoms with Gasteiger partial charge in [0.15, 0.2) is 0 Å². The van der Waals surface area contributed by atoms with Crippen LogP contribution in [0.5, 0.6) is 0 Å². The lowest BCUT2D eigenvalue weighted by molar-refractivity contribution is 0.578. The third-order valence-electron chi connectivity index (χ3n) is 4.24. The fraction of sp³-hybridized carbons (Fsp3) is 0.333. The van der Waals surface area contributed by atoms with Crippen molar-refractivity contribution in [2.75, 3.05) is 35.7 Å². The van der Waals surface area contributed by atoms with E-state index in [1.54, 1.807) is 0 Å². The monoisotopic (exact) mass is 281 g/mol. The van der Waals surface area contributed by atoms with Crippen LogP contribution in [0.25, 0.3) is 0 Å². The zero-order valence-corrected chi connectivity index (χ0v) is 12.6. The molecule has 2 aromatic carbocycles. The van der Waals surface area contributed by atoms with Crippen molar-refractivity contribution in [1.29, 1.82) is 0 Å². The third kappa shape index (κ3) is 2.97. The summed E-state index contributed by atoms with van der Waals surface area (Å²) in [5, 5.41) is 0. The maximum atomic E-state index is 6.30. The average Bonchev–Trinajstić information content (AvgIpc) is 2.56. The molecule has 3 nitrogen and oxygen atoms in total. The quantitative estimate of drug-likeness (QED) is 0.862. The largest absolute Gasteiger partial charge is 0.397 e. The maximum absolute atomic E-state index is 6.30. The van der Waals surface area contributed by atoms with E-state index in [9.17, 15) is 0 Å². The molecule has 0 spiro atoms. The number of para-hydroxylation sites is 1. The van der Waals surface area contributed by atoms with Gasteiger partial charge in [-0.1, -0.05) is 18.2 Å². The van der Waals surface area contributed by atoms with E-state index in [0.717, 1.165) is 30.2 Å². The molecule has 2 N–H and O–H groups in total.